The molecule has 2 rings (SSSR count). The molecule has 2 N–H and O–H groups in total. The highest BCUT2D eigenvalue weighted by Gasteiger charge is 2.54. The van der Waals surface area contributed by atoms with E-state index in [2.05, 4.69) is 0 Å². The third kappa shape index (κ3) is 1.36. The molecule has 1 amide bonds. The van der Waals surface area contributed by atoms with Gasteiger partial charge in [0.1, 0.15) is 0 Å². The highest BCUT2D eigenvalue weighted by Crippen LogP contribution is 2.60. The van der Waals surface area contributed by atoms with Crippen LogP contribution >= 0.6 is 0 Å². The second-order valence-corrected chi connectivity index (χ2v) is 5.34. The first-order valence-electron chi connectivity index (χ1n) is 5.36. The molecule has 2 nitrogen and oxygen atoms in total. The second-order valence-electron chi connectivity index (χ2n) is 5.34. The number of hydrogen-bond acceptors (Lipinski definition) is 1. The van der Waals surface area contributed by atoms with E-state index in [0.29, 0.717) is 5.41 Å². The summed E-state index contributed by atoms with van der Waals surface area (Å²) < 4.78 is 0. The van der Waals surface area contributed by atoms with Crippen molar-refractivity contribution in [1.82, 2.24) is 0 Å². The van der Waals surface area contributed by atoms with Crippen molar-refractivity contribution >= 4 is 5.91 Å². The first-order chi connectivity index (χ1) is 6.06. The topological polar surface area (TPSA) is 43.1 Å². The summed E-state index contributed by atoms with van der Waals surface area (Å²) in [5.41, 5.74) is 5.73. The normalized spacial score (nSPS) is 29.6. The van der Waals surface area contributed by atoms with Gasteiger partial charge in [0.2, 0.25) is 5.91 Å². The zero-order chi connectivity index (χ0) is 9.53. The van der Waals surface area contributed by atoms with Crippen LogP contribution in [0.3, 0.4) is 0 Å². The number of nitrogens with two attached hydrogens (primary N) is 1. The van der Waals surface area contributed by atoms with Crippen LogP contribution in [0.4, 0.5) is 0 Å². The van der Waals surface area contributed by atoms with Crippen molar-refractivity contribution in [3.63, 3.8) is 0 Å². The molecule has 2 aliphatic rings. The van der Waals surface area contributed by atoms with Crippen LogP contribution in [-0.2, 0) is 4.79 Å². The molecule has 1 spiro atoms. The van der Waals surface area contributed by atoms with Gasteiger partial charge in [-0.1, -0.05) is 26.2 Å². The number of carbonyl (C=O) groups is 1. The summed E-state index contributed by atoms with van der Waals surface area (Å²) in [7, 11) is 0. The van der Waals surface area contributed by atoms with Crippen LogP contribution in [0.15, 0.2) is 0 Å². The molecule has 0 radical (unpaired) electrons. The minimum atomic E-state index is -0.169. The Balaban J connectivity index is 1.98. The van der Waals surface area contributed by atoms with Crippen LogP contribution in [0, 0.1) is 10.8 Å². The van der Waals surface area contributed by atoms with Gasteiger partial charge in [-0.3, -0.25) is 4.79 Å². The molecule has 0 heterocycles. The van der Waals surface area contributed by atoms with Crippen LogP contribution in [0.25, 0.3) is 0 Å². The summed E-state index contributed by atoms with van der Waals surface area (Å²) in [6, 6.07) is 0. The molecular weight excluding hydrogens is 162 g/mol. The first kappa shape index (κ1) is 9.04. The fourth-order valence-corrected chi connectivity index (χ4v) is 3.43. The van der Waals surface area contributed by atoms with Crippen LogP contribution in [0.2, 0.25) is 0 Å². The summed E-state index contributed by atoms with van der Waals surface area (Å²) in [5.74, 6) is -0.0938. The van der Waals surface area contributed by atoms with E-state index in [4.69, 9.17) is 5.73 Å². The van der Waals surface area contributed by atoms with Crippen LogP contribution < -0.4 is 5.73 Å². The quantitative estimate of drug-likeness (QED) is 0.662. The van der Waals surface area contributed by atoms with Gasteiger partial charge in [0.05, 0.1) is 0 Å². The van der Waals surface area contributed by atoms with Gasteiger partial charge in [0.25, 0.3) is 0 Å². The number of hydrogen-bond donors (Lipinski definition) is 1. The predicted molar refractivity (Wildman–Crippen MR) is 52.1 cm³/mol. The molecule has 2 saturated carbocycles. The van der Waals surface area contributed by atoms with Crippen molar-refractivity contribution in [2.45, 2.75) is 51.9 Å². The van der Waals surface area contributed by atoms with Gasteiger partial charge in [-0.05, 0) is 31.1 Å². The van der Waals surface area contributed by atoms with E-state index in [0.717, 1.165) is 12.8 Å². The maximum Gasteiger partial charge on any atom is 0.223 e. The Hall–Kier alpha value is -0.530. The summed E-state index contributed by atoms with van der Waals surface area (Å²) in [6.07, 6.45) is 8.86. The third-order valence-electron chi connectivity index (χ3n) is 4.04. The van der Waals surface area contributed by atoms with Crippen LogP contribution in [-0.4, -0.2) is 5.91 Å². The minimum Gasteiger partial charge on any atom is -0.369 e. The minimum absolute atomic E-state index is 0.0938. The van der Waals surface area contributed by atoms with Gasteiger partial charge < -0.3 is 5.73 Å². The molecule has 74 valence electrons. The Morgan fingerprint density at radius 3 is 2.15 bits per heavy atom. The van der Waals surface area contributed by atoms with E-state index in [1.54, 1.807) is 0 Å². The predicted octanol–water partition coefficient (Wildman–Crippen LogP) is 2.22. The molecule has 0 unspecified atom stereocenters. The molecule has 0 atom stereocenters. The molecule has 2 aliphatic carbocycles. The monoisotopic (exact) mass is 181 g/mol. The molecule has 0 aromatic heterocycles. The lowest BCUT2D eigenvalue weighted by atomic mass is 9.49. The highest BCUT2D eigenvalue weighted by atomic mass is 16.1. The summed E-state index contributed by atoms with van der Waals surface area (Å²) >= 11 is 0. The average Bonchev–Trinajstić information content (AvgIpc) is 2.03. The molecule has 0 aromatic carbocycles. The van der Waals surface area contributed by atoms with E-state index in [1.165, 1.54) is 32.1 Å². The number of carbonyl (C=O) groups excluding carboxylic acids is 1. The maximum absolute atomic E-state index is 11.2. The SMILES string of the molecule is CC1(C(N)=O)CC2(CCCCC2)C1. The van der Waals surface area contributed by atoms with Crippen molar-refractivity contribution in [1.29, 1.82) is 0 Å². The Morgan fingerprint density at radius 2 is 1.69 bits per heavy atom. The lowest BCUT2D eigenvalue weighted by molar-refractivity contribution is -0.144. The van der Waals surface area contributed by atoms with Crippen LogP contribution in [0.5, 0.6) is 0 Å². The molecule has 13 heavy (non-hydrogen) atoms. The van der Waals surface area contributed by atoms with E-state index < -0.39 is 0 Å². The van der Waals surface area contributed by atoms with Gasteiger partial charge in [0, 0.05) is 5.41 Å². The Bertz CT molecular complexity index is 220. The molecule has 0 bridgehead atoms. The van der Waals surface area contributed by atoms with Crippen molar-refractivity contribution in [3.8, 4) is 0 Å². The summed E-state index contributed by atoms with van der Waals surface area (Å²) in [4.78, 5) is 11.2. The first-order valence-corrected chi connectivity index (χ1v) is 5.36. The van der Waals surface area contributed by atoms with Crippen molar-refractivity contribution in [2.75, 3.05) is 0 Å². The Morgan fingerprint density at radius 1 is 1.15 bits per heavy atom. The summed E-state index contributed by atoms with van der Waals surface area (Å²) in [5, 5.41) is 0. The zero-order valence-electron chi connectivity index (χ0n) is 8.44. The standard InChI is InChI=1S/C11H19NO/c1-10(9(12)13)7-11(8-10)5-3-2-4-6-11/h2-8H2,1H3,(H2,12,13). The summed E-state index contributed by atoms with van der Waals surface area (Å²) in [6.45, 7) is 2.02. The number of primary amides is 1. The van der Waals surface area contributed by atoms with Gasteiger partial charge >= 0.3 is 0 Å². The van der Waals surface area contributed by atoms with Gasteiger partial charge in [-0.15, -0.1) is 0 Å². The largest absolute Gasteiger partial charge is 0.369 e. The smallest absolute Gasteiger partial charge is 0.223 e. The zero-order valence-corrected chi connectivity index (χ0v) is 8.44. The molecule has 0 aromatic rings. The van der Waals surface area contributed by atoms with Crippen molar-refractivity contribution in [2.24, 2.45) is 16.6 Å². The fraction of sp³-hybridized carbons (Fsp3) is 0.909. The Kier molecular flexibility index (Phi) is 1.90. The number of rotatable bonds is 1. The second kappa shape index (κ2) is 2.73. The van der Waals surface area contributed by atoms with Gasteiger partial charge in [-0.25, -0.2) is 0 Å². The molecule has 2 fully saturated rings. The highest BCUT2D eigenvalue weighted by molar-refractivity contribution is 5.81. The van der Waals surface area contributed by atoms with Crippen molar-refractivity contribution in [3.05, 3.63) is 0 Å². The van der Waals surface area contributed by atoms with E-state index >= 15 is 0 Å². The molecular formula is C11H19NO. The average molecular weight is 181 g/mol. The van der Waals surface area contributed by atoms with E-state index in [-0.39, 0.29) is 11.3 Å². The van der Waals surface area contributed by atoms with E-state index in [9.17, 15) is 4.79 Å². The molecule has 2 heteroatoms. The van der Waals surface area contributed by atoms with Gasteiger partial charge in [-0.2, -0.15) is 0 Å². The third-order valence-corrected chi connectivity index (χ3v) is 4.04. The van der Waals surface area contributed by atoms with Crippen molar-refractivity contribution < 1.29 is 4.79 Å². The fourth-order valence-electron chi connectivity index (χ4n) is 3.43. The lowest BCUT2D eigenvalue weighted by Gasteiger charge is -2.55. The molecule has 0 saturated heterocycles. The maximum atomic E-state index is 11.2. The van der Waals surface area contributed by atoms with Crippen LogP contribution in [0.1, 0.15) is 51.9 Å². The number of amides is 1. The van der Waals surface area contributed by atoms with Gasteiger partial charge in [0.15, 0.2) is 0 Å². The molecule has 0 aliphatic heterocycles. The Labute approximate surface area is 79.9 Å². The van der Waals surface area contributed by atoms with E-state index in [1.807, 2.05) is 6.92 Å². The lowest BCUT2D eigenvalue weighted by Crippen LogP contribution is -2.52.